The number of pyridine rings is 6. The molecule has 12 aromatic rings. The number of carbonyl (C=O) groups is 1. The van der Waals surface area contributed by atoms with E-state index in [1.165, 1.54) is 36.7 Å². The van der Waals surface area contributed by atoms with E-state index in [9.17, 15) is 20.2 Å². The fourth-order valence-electron chi connectivity index (χ4n) is 8.66. The molecule has 0 unspecified atom stereocenters. The van der Waals surface area contributed by atoms with Gasteiger partial charge in [-0.2, -0.15) is 0 Å². The molecule has 0 atom stereocenters. The van der Waals surface area contributed by atoms with E-state index in [1.54, 1.807) is 79.6 Å². The molecule has 0 radical (unpaired) electrons. The number of rotatable bonds is 9. The van der Waals surface area contributed by atoms with Gasteiger partial charge in [0.1, 0.15) is 39.1 Å². The van der Waals surface area contributed by atoms with Gasteiger partial charge >= 0.3 is 48.1 Å². The number of hydrogen-bond acceptors (Lipinski definition) is 27. The van der Waals surface area contributed by atoms with E-state index >= 15 is 0 Å². The number of carbonyl (C=O) groups excluding carboxylic acids is 1. The Morgan fingerprint density at radius 3 is 1.48 bits per heavy atom. The third-order valence-electron chi connectivity index (χ3n) is 13.1. The Kier molecular flexibility index (Phi) is 24.9. The minimum atomic E-state index is -1.38. The average Bonchev–Trinajstić information content (AvgIpc) is 1.59. The van der Waals surface area contributed by atoms with Crippen molar-refractivity contribution in [2.45, 2.75) is 0 Å². The van der Waals surface area contributed by atoms with Crippen molar-refractivity contribution < 1.29 is 102 Å². The number of nitrogens with zero attached hydrogens (tertiary/aromatic N) is 12. The van der Waals surface area contributed by atoms with Crippen LogP contribution < -0.4 is 89.2 Å². The molecule has 4 aliphatic rings. The van der Waals surface area contributed by atoms with Crippen molar-refractivity contribution in [2.75, 3.05) is 38.2 Å². The zero-order valence-electron chi connectivity index (χ0n) is 50.3. The zero-order chi connectivity index (χ0) is 68.4. The number of halogens is 4. The van der Waals surface area contributed by atoms with Crippen molar-refractivity contribution in [3.05, 3.63) is 224 Å². The van der Waals surface area contributed by atoms with Gasteiger partial charge in [0.25, 0.3) is 6.47 Å². The maximum Gasteiger partial charge on any atom is 1.00 e. The Balaban J connectivity index is 0.000000140. The van der Waals surface area contributed by atoms with Gasteiger partial charge in [0.15, 0.2) is 57.3 Å². The predicted octanol–water partition coefficient (Wildman–Crippen LogP) is 6.62. The minimum absolute atomic E-state index is 0. The summed E-state index contributed by atoms with van der Waals surface area (Å²) >= 11 is 22.5. The molecule has 4 aliphatic heterocycles. The number of nitro groups is 2. The molecular weight excluding hydrogens is 1380 g/mol. The number of hydrogen-bond donors (Lipinski definition) is 4. The summed E-state index contributed by atoms with van der Waals surface area (Å²) in [5.74, 6) is 5.74. The topological polar surface area (TPSA) is 401 Å². The van der Waals surface area contributed by atoms with Gasteiger partial charge in [-0.05, 0) is 115 Å². The quantitative estimate of drug-likeness (QED) is 0.0224. The second-order valence-electron chi connectivity index (χ2n) is 19.2. The van der Waals surface area contributed by atoms with Crippen LogP contribution in [0.3, 0.4) is 0 Å². The predicted molar refractivity (Wildman–Crippen MR) is 349 cm³/mol. The number of nitrogen functional groups attached to an aromatic ring is 1. The fraction of sp³-hybridized carbons (Fsp3) is 0.0656. The number of ether oxygens (including phenoxy) is 8. The molecule has 0 amide bonds. The SMILES string of the molecule is Clc1ccc2ncn(-c3ccc4c(c3)OCO4)c2n1.Nc1ccc2c(c1)OCO2.O=CO[O-].O=[N+]([O-])c1ccc(Cl)nc1Cl.O=[N+]([O-])c1ccc(Cl)nc1Nc1ccc2c(c1)OCO2.OB(O)c1ccncc1.[Na+].c1cc(-c2ccc3ncn(-c4ccc5c(c4)OCO5)c3n2)ccn1. The first-order valence-corrected chi connectivity index (χ1v) is 29.1. The second kappa shape index (κ2) is 34.2. The number of fused-ring (bicyclic) bond motifs is 6. The maximum absolute atomic E-state index is 10.9. The molecule has 0 bridgehead atoms. The average molecular weight is 1420 g/mol. The molecular formula is C61H44BCl4N14NaO17. The molecule has 98 heavy (non-hydrogen) atoms. The zero-order valence-corrected chi connectivity index (χ0v) is 55.3. The van der Waals surface area contributed by atoms with Gasteiger partial charge in [-0.25, -0.2) is 29.9 Å². The first-order valence-electron chi connectivity index (χ1n) is 27.6. The third-order valence-corrected chi connectivity index (χ3v) is 14.0. The summed E-state index contributed by atoms with van der Waals surface area (Å²) < 4.78 is 45.9. The Labute approximate surface area is 594 Å². The molecule has 0 aliphatic carbocycles. The van der Waals surface area contributed by atoms with Crippen LogP contribution in [-0.2, 0) is 9.68 Å². The molecule has 492 valence electrons. The monoisotopic (exact) mass is 1420 g/mol. The molecule has 0 saturated heterocycles. The Hall–Kier alpha value is -10.9. The molecule has 31 nitrogen and oxygen atoms in total. The van der Waals surface area contributed by atoms with Crippen LogP contribution in [0.5, 0.6) is 46.0 Å². The normalized spacial score (nSPS) is 11.7. The van der Waals surface area contributed by atoms with Crippen LogP contribution >= 0.6 is 46.4 Å². The number of aromatic nitrogens is 10. The van der Waals surface area contributed by atoms with Gasteiger partial charge in [0, 0.05) is 78.1 Å². The van der Waals surface area contributed by atoms with Crippen LogP contribution in [0.15, 0.2) is 183 Å². The van der Waals surface area contributed by atoms with Crippen molar-refractivity contribution in [3.63, 3.8) is 0 Å². The first-order chi connectivity index (χ1) is 47.0. The van der Waals surface area contributed by atoms with Gasteiger partial charge in [-0.1, -0.05) is 46.4 Å². The number of nitrogens with two attached hydrogens (primary N) is 1. The van der Waals surface area contributed by atoms with E-state index < -0.39 is 17.0 Å². The first kappa shape index (κ1) is 71.4. The minimum Gasteiger partial charge on any atom is -0.662 e. The van der Waals surface area contributed by atoms with Gasteiger partial charge in [-0.15, -0.1) is 0 Å². The molecule has 0 spiro atoms. The number of imidazole rings is 2. The number of benzene rings is 4. The van der Waals surface area contributed by atoms with Crippen LogP contribution in [0.2, 0.25) is 20.6 Å². The molecule has 16 rings (SSSR count). The van der Waals surface area contributed by atoms with E-state index in [2.05, 4.69) is 45.1 Å². The van der Waals surface area contributed by atoms with Crippen molar-refractivity contribution >= 4 is 116 Å². The van der Waals surface area contributed by atoms with Gasteiger partial charge < -0.3 is 69.1 Å². The summed E-state index contributed by atoms with van der Waals surface area (Å²) in [6.07, 6.45) is 10.0. The second-order valence-corrected chi connectivity index (χ2v) is 20.7. The van der Waals surface area contributed by atoms with E-state index in [-0.39, 0.29) is 89.1 Å². The largest absolute Gasteiger partial charge is 1.00 e. The molecule has 4 aromatic carbocycles. The van der Waals surface area contributed by atoms with E-state index in [4.69, 9.17) is 115 Å². The van der Waals surface area contributed by atoms with Gasteiger partial charge in [-0.3, -0.25) is 44.1 Å². The summed E-state index contributed by atoms with van der Waals surface area (Å²) in [6.45, 7) is 0.800. The number of anilines is 3. The Bertz CT molecular complexity index is 4770. The van der Waals surface area contributed by atoms with Crippen molar-refractivity contribution in [1.82, 2.24) is 49.0 Å². The van der Waals surface area contributed by atoms with Gasteiger partial charge in [0.05, 0.1) is 26.9 Å². The molecule has 12 heterocycles. The van der Waals surface area contributed by atoms with E-state index in [1.807, 2.05) is 75.9 Å². The van der Waals surface area contributed by atoms with Crippen LogP contribution in [0.4, 0.5) is 28.6 Å². The van der Waals surface area contributed by atoms with Crippen molar-refractivity contribution in [3.8, 4) is 68.6 Å². The van der Waals surface area contributed by atoms with Crippen LogP contribution in [-0.4, -0.2) is 110 Å². The fourth-order valence-corrected chi connectivity index (χ4v) is 9.37. The third kappa shape index (κ3) is 18.6. The van der Waals surface area contributed by atoms with Crippen LogP contribution in [0.1, 0.15) is 0 Å². The van der Waals surface area contributed by atoms with Gasteiger partial charge in [0.2, 0.25) is 38.1 Å². The smallest absolute Gasteiger partial charge is 0.662 e. The summed E-state index contributed by atoms with van der Waals surface area (Å²) in [6, 6.07) is 41.6. The molecule has 8 aromatic heterocycles. The van der Waals surface area contributed by atoms with Crippen LogP contribution in [0, 0.1) is 20.2 Å². The van der Waals surface area contributed by atoms with Crippen molar-refractivity contribution in [1.29, 1.82) is 0 Å². The molecule has 5 N–H and O–H groups in total. The summed E-state index contributed by atoms with van der Waals surface area (Å²) in [4.78, 5) is 64.2. The molecule has 0 saturated carbocycles. The standard InChI is InChI=1S/C18H12N4O2.C13H8ClN3O2.C12H8ClN3O4.C7H7NO2.C5H6BNO2.C5H2Cl2N2O2.CH2O3.Na/c1-4-16-17(24-11-23-16)9-13(1)22-10-20-15-3-2-14(21-18(15)22)12-5-7-19-8-6-12;14-12-4-2-9-13(16-12)17(6-15-9)8-1-3-10-11(5-8)19-7-18-10;13-11-4-2-8(16(17)18)12(15-11)14-7-1-3-9-10(5-7)20-6-19-9;8-5-1-2-6-7(3-5)10-4-9-6;8-6(9)5-1-3-7-4-2-5;6-4-2-1-3(9(10)11)5(7)8-4;2-1-4-3;/h1-10H,11H2;1-6H,7H2;1-5H,6H2,(H,14,15);1-3H,4,8H2;1-4,8-9H;1-2H;1,3H;/q;;;;;;;+1/p-1. The Morgan fingerprint density at radius 2 is 0.969 bits per heavy atom. The molecule has 37 heteroatoms. The van der Waals surface area contributed by atoms with Crippen molar-refractivity contribution in [2.24, 2.45) is 0 Å². The Morgan fingerprint density at radius 1 is 0.531 bits per heavy atom. The molecule has 0 fully saturated rings. The summed E-state index contributed by atoms with van der Waals surface area (Å²) in [5, 5.41) is 50.1. The van der Waals surface area contributed by atoms with E-state index in [0.717, 1.165) is 73.8 Å². The van der Waals surface area contributed by atoms with E-state index in [0.29, 0.717) is 45.9 Å². The van der Waals surface area contributed by atoms with Crippen LogP contribution in [0.25, 0.3) is 45.0 Å². The summed E-state index contributed by atoms with van der Waals surface area (Å²) in [7, 11) is -1.38. The number of nitrogens with one attached hydrogen (secondary N) is 1. The summed E-state index contributed by atoms with van der Waals surface area (Å²) in [5.41, 5.74) is 13.7. The maximum atomic E-state index is 10.9.